The van der Waals surface area contributed by atoms with E-state index in [1.807, 2.05) is 7.05 Å². The molecule has 0 aromatic heterocycles. The highest BCUT2D eigenvalue weighted by molar-refractivity contribution is 6.13. The third-order valence-electron chi connectivity index (χ3n) is 1.53. The van der Waals surface area contributed by atoms with Gasteiger partial charge in [-0.25, -0.2) is 4.42 Å². The van der Waals surface area contributed by atoms with Gasteiger partial charge in [-0.3, -0.25) is 0 Å². The first kappa shape index (κ1) is 8.25. The van der Waals surface area contributed by atoms with Crippen LogP contribution in [0, 0.1) is 5.92 Å². The number of rotatable bonds is 2. The molecule has 50 valence electrons. The Kier molecular flexibility index (Phi) is 3.41. The van der Waals surface area contributed by atoms with Gasteiger partial charge in [-0.05, 0) is 24.6 Å². The maximum absolute atomic E-state index is 5.66. The summed E-state index contributed by atoms with van der Waals surface area (Å²) in [5.74, 6) is 0.637. The van der Waals surface area contributed by atoms with Crippen molar-refractivity contribution in [1.29, 1.82) is 0 Å². The van der Waals surface area contributed by atoms with Gasteiger partial charge in [0.1, 0.15) is 0 Å². The fraction of sp³-hybridized carbons (Fsp3) is 1.00. The Morgan fingerprint density at radius 2 is 1.62 bits per heavy atom. The third-order valence-corrected chi connectivity index (χ3v) is 1.83. The van der Waals surface area contributed by atoms with Crippen LogP contribution in [0.1, 0.15) is 20.8 Å². The zero-order valence-electron chi connectivity index (χ0n) is 5.98. The highest BCUT2D eigenvalue weighted by Gasteiger charge is 2.09. The van der Waals surface area contributed by atoms with Crippen molar-refractivity contribution < 1.29 is 0 Å². The Labute approximate surface area is 56.7 Å². The smallest absolute Gasteiger partial charge is 0.0243 e. The lowest BCUT2D eigenvalue weighted by Gasteiger charge is -2.20. The Balaban J connectivity index is 3.46. The summed E-state index contributed by atoms with van der Waals surface area (Å²) in [6.07, 6.45) is 0. The molecule has 0 saturated heterocycles. The maximum Gasteiger partial charge on any atom is 0.0243 e. The highest BCUT2D eigenvalue weighted by atomic mass is 35.5. The van der Waals surface area contributed by atoms with Gasteiger partial charge in [-0.1, -0.05) is 13.8 Å². The molecule has 0 aliphatic rings. The van der Waals surface area contributed by atoms with Crippen LogP contribution in [0.15, 0.2) is 0 Å². The van der Waals surface area contributed by atoms with Gasteiger partial charge in [0, 0.05) is 13.1 Å². The average Bonchev–Trinajstić information content (AvgIpc) is 1.64. The first-order chi connectivity index (χ1) is 3.55. The molecule has 0 bridgehead atoms. The van der Waals surface area contributed by atoms with Crippen molar-refractivity contribution in [2.24, 2.45) is 5.92 Å². The van der Waals surface area contributed by atoms with Crippen LogP contribution < -0.4 is 0 Å². The van der Waals surface area contributed by atoms with E-state index in [0.717, 1.165) is 0 Å². The van der Waals surface area contributed by atoms with E-state index in [4.69, 9.17) is 11.8 Å². The lowest BCUT2D eigenvalue weighted by molar-refractivity contribution is 0.332. The molecule has 0 heterocycles. The van der Waals surface area contributed by atoms with Crippen LogP contribution >= 0.6 is 11.8 Å². The van der Waals surface area contributed by atoms with Crippen LogP contribution in [0.25, 0.3) is 0 Å². The SMILES string of the molecule is CC(C)C(C)N(C)Cl. The fourth-order valence-electron chi connectivity index (χ4n) is 0.411. The summed E-state index contributed by atoms with van der Waals surface area (Å²) >= 11 is 5.66. The lowest BCUT2D eigenvalue weighted by Crippen LogP contribution is -2.24. The zero-order chi connectivity index (χ0) is 6.73. The predicted octanol–water partition coefficient (Wildman–Crippen LogP) is 2.12. The molecule has 1 atom stereocenters. The molecule has 0 rings (SSSR count). The molecule has 0 N–H and O–H groups in total. The van der Waals surface area contributed by atoms with Gasteiger partial charge in [0.05, 0.1) is 0 Å². The minimum Gasteiger partial charge on any atom is -0.220 e. The molecular weight excluding hydrogens is 122 g/mol. The Morgan fingerprint density at radius 3 is 1.62 bits per heavy atom. The number of nitrogens with zero attached hydrogens (tertiary/aromatic N) is 1. The van der Waals surface area contributed by atoms with Gasteiger partial charge in [0.15, 0.2) is 0 Å². The van der Waals surface area contributed by atoms with Gasteiger partial charge < -0.3 is 0 Å². The average molecular weight is 136 g/mol. The molecule has 0 fully saturated rings. The summed E-state index contributed by atoms with van der Waals surface area (Å²) in [6, 6.07) is 0.469. The summed E-state index contributed by atoms with van der Waals surface area (Å²) in [5, 5.41) is 0. The summed E-state index contributed by atoms with van der Waals surface area (Å²) in [4.78, 5) is 0. The van der Waals surface area contributed by atoms with Crippen LogP contribution in [0.5, 0.6) is 0 Å². The maximum atomic E-state index is 5.66. The van der Waals surface area contributed by atoms with E-state index >= 15 is 0 Å². The zero-order valence-corrected chi connectivity index (χ0v) is 6.74. The van der Waals surface area contributed by atoms with Gasteiger partial charge in [-0.2, -0.15) is 0 Å². The largest absolute Gasteiger partial charge is 0.220 e. The molecule has 0 spiro atoms. The number of hydrogen-bond acceptors (Lipinski definition) is 1. The van der Waals surface area contributed by atoms with E-state index < -0.39 is 0 Å². The van der Waals surface area contributed by atoms with Gasteiger partial charge in [0.25, 0.3) is 0 Å². The predicted molar refractivity (Wildman–Crippen MR) is 37.9 cm³/mol. The monoisotopic (exact) mass is 135 g/mol. The summed E-state index contributed by atoms with van der Waals surface area (Å²) in [7, 11) is 1.88. The quantitative estimate of drug-likeness (QED) is 0.525. The number of hydrogen-bond donors (Lipinski definition) is 0. The van der Waals surface area contributed by atoms with Crippen LogP contribution in [0.3, 0.4) is 0 Å². The molecule has 0 aromatic rings. The summed E-state index contributed by atoms with van der Waals surface area (Å²) < 4.78 is 1.71. The van der Waals surface area contributed by atoms with Crippen molar-refractivity contribution in [1.82, 2.24) is 4.42 Å². The first-order valence-corrected chi connectivity index (χ1v) is 3.28. The van der Waals surface area contributed by atoms with Crippen molar-refractivity contribution in [2.45, 2.75) is 26.8 Å². The van der Waals surface area contributed by atoms with Crippen LogP contribution in [-0.4, -0.2) is 17.5 Å². The van der Waals surface area contributed by atoms with Gasteiger partial charge in [-0.15, -0.1) is 0 Å². The van der Waals surface area contributed by atoms with E-state index in [-0.39, 0.29) is 0 Å². The Bertz CT molecular complexity index is 53.5. The van der Waals surface area contributed by atoms with Gasteiger partial charge >= 0.3 is 0 Å². The van der Waals surface area contributed by atoms with E-state index in [0.29, 0.717) is 12.0 Å². The number of halogens is 1. The second-order valence-electron chi connectivity index (χ2n) is 2.51. The van der Waals surface area contributed by atoms with E-state index in [2.05, 4.69) is 20.8 Å². The molecule has 2 heteroatoms. The molecule has 0 amide bonds. The molecular formula is C6H14ClN. The standard InChI is InChI=1S/C6H14ClN/c1-5(2)6(3)8(4)7/h5-6H,1-4H3. The second kappa shape index (κ2) is 3.31. The third kappa shape index (κ3) is 2.53. The molecule has 0 aromatic carbocycles. The van der Waals surface area contributed by atoms with Crippen molar-refractivity contribution in [3.8, 4) is 0 Å². The van der Waals surface area contributed by atoms with E-state index in [9.17, 15) is 0 Å². The van der Waals surface area contributed by atoms with Crippen molar-refractivity contribution in [3.63, 3.8) is 0 Å². The topological polar surface area (TPSA) is 3.24 Å². The summed E-state index contributed by atoms with van der Waals surface area (Å²) in [5.41, 5.74) is 0. The van der Waals surface area contributed by atoms with E-state index in [1.54, 1.807) is 4.42 Å². The Hall–Kier alpha value is 0.250. The molecule has 8 heavy (non-hydrogen) atoms. The molecule has 0 saturated carbocycles. The lowest BCUT2D eigenvalue weighted by atomic mass is 10.1. The van der Waals surface area contributed by atoms with Crippen LogP contribution in [0.2, 0.25) is 0 Å². The van der Waals surface area contributed by atoms with Crippen molar-refractivity contribution in [3.05, 3.63) is 0 Å². The Morgan fingerprint density at radius 1 is 1.25 bits per heavy atom. The minimum absolute atomic E-state index is 0.469. The second-order valence-corrected chi connectivity index (χ2v) is 3.04. The normalized spacial score (nSPS) is 15.4. The molecule has 1 unspecified atom stereocenters. The molecule has 0 aliphatic carbocycles. The highest BCUT2D eigenvalue weighted by Crippen LogP contribution is 2.08. The van der Waals surface area contributed by atoms with E-state index in [1.165, 1.54) is 0 Å². The summed E-state index contributed by atoms with van der Waals surface area (Å²) in [6.45, 7) is 6.42. The minimum atomic E-state index is 0.469. The van der Waals surface area contributed by atoms with Crippen LogP contribution in [0.4, 0.5) is 0 Å². The molecule has 1 nitrogen and oxygen atoms in total. The van der Waals surface area contributed by atoms with Crippen molar-refractivity contribution in [2.75, 3.05) is 7.05 Å². The van der Waals surface area contributed by atoms with Crippen molar-refractivity contribution >= 4 is 11.8 Å². The fourth-order valence-corrected chi connectivity index (χ4v) is 0.636. The van der Waals surface area contributed by atoms with Crippen LogP contribution in [-0.2, 0) is 0 Å². The molecule has 0 radical (unpaired) electrons. The first-order valence-electron chi connectivity index (χ1n) is 2.94. The van der Waals surface area contributed by atoms with Gasteiger partial charge in [0.2, 0.25) is 0 Å². The molecule has 0 aliphatic heterocycles.